The normalized spacial score (nSPS) is 25.6. The van der Waals surface area contributed by atoms with Gasteiger partial charge in [-0.15, -0.1) is 0 Å². The van der Waals surface area contributed by atoms with E-state index in [1.54, 1.807) is 7.11 Å². The lowest BCUT2D eigenvalue weighted by Crippen LogP contribution is -2.23. The molecule has 0 spiro atoms. The summed E-state index contributed by atoms with van der Waals surface area (Å²) in [5.41, 5.74) is 2.33. The monoisotopic (exact) mass is 269 g/mol. The Bertz CT molecular complexity index is 553. The van der Waals surface area contributed by atoms with Crippen LogP contribution < -0.4 is 10.1 Å². The number of nitrogens with one attached hydrogen (secondary N) is 1. The third-order valence-corrected chi connectivity index (χ3v) is 3.70. The molecule has 0 radical (unpaired) electrons. The smallest absolute Gasteiger partial charge is 0.135 e. The molecule has 20 heavy (non-hydrogen) atoms. The number of ether oxygens (including phenoxy) is 2. The first-order valence-electron chi connectivity index (χ1n) is 6.88. The van der Waals surface area contributed by atoms with Crippen LogP contribution in [0, 0.1) is 0 Å². The molecule has 0 aromatic heterocycles. The van der Waals surface area contributed by atoms with Gasteiger partial charge in [-0.25, -0.2) is 0 Å². The van der Waals surface area contributed by atoms with E-state index in [0.29, 0.717) is 0 Å². The molecule has 1 N–H and O–H groups in total. The van der Waals surface area contributed by atoms with E-state index in [-0.39, 0.29) is 18.4 Å². The Labute approximate surface area is 119 Å². The minimum Gasteiger partial charge on any atom is -0.497 e. The predicted molar refractivity (Wildman–Crippen MR) is 78.6 cm³/mol. The predicted octanol–water partition coefficient (Wildman–Crippen LogP) is 3.44. The van der Waals surface area contributed by atoms with Gasteiger partial charge in [-0.2, -0.15) is 0 Å². The maximum absolute atomic E-state index is 6.17. The van der Waals surface area contributed by atoms with Gasteiger partial charge in [-0.05, 0) is 30.2 Å². The zero-order valence-corrected chi connectivity index (χ0v) is 11.7. The summed E-state index contributed by atoms with van der Waals surface area (Å²) >= 11 is 0. The summed E-state index contributed by atoms with van der Waals surface area (Å²) in [6.07, 6.45) is 0.0180. The molecule has 2 aromatic carbocycles. The van der Waals surface area contributed by atoms with Crippen molar-refractivity contribution in [2.75, 3.05) is 7.11 Å². The van der Waals surface area contributed by atoms with Crippen LogP contribution in [0.3, 0.4) is 0 Å². The van der Waals surface area contributed by atoms with Gasteiger partial charge in [-0.3, -0.25) is 5.32 Å². The highest BCUT2D eigenvalue weighted by atomic mass is 16.5. The zero-order valence-electron chi connectivity index (χ0n) is 11.7. The molecule has 0 saturated carbocycles. The van der Waals surface area contributed by atoms with Gasteiger partial charge in [0.15, 0.2) is 0 Å². The quantitative estimate of drug-likeness (QED) is 0.926. The van der Waals surface area contributed by atoms with Crippen molar-refractivity contribution in [3.05, 3.63) is 65.7 Å². The van der Waals surface area contributed by atoms with Gasteiger partial charge in [-0.1, -0.05) is 42.5 Å². The summed E-state index contributed by atoms with van der Waals surface area (Å²) in [6, 6.07) is 18.6. The Balaban J connectivity index is 1.77. The number of methoxy groups -OCH3 is 1. The average Bonchev–Trinajstić information content (AvgIpc) is 2.90. The number of hydrogen-bond acceptors (Lipinski definition) is 3. The number of rotatable bonds is 3. The Morgan fingerprint density at radius 1 is 0.950 bits per heavy atom. The zero-order chi connectivity index (χ0) is 13.9. The topological polar surface area (TPSA) is 30.5 Å². The van der Waals surface area contributed by atoms with E-state index in [4.69, 9.17) is 9.47 Å². The Morgan fingerprint density at radius 2 is 1.65 bits per heavy atom. The lowest BCUT2D eigenvalue weighted by molar-refractivity contribution is 0.0363. The lowest BCUT2D eigenvalue weighted by Gasteiger charge is -2.14. The van der Waals surface area contributed by atoms with Crippen LogP contribution in [-0.4, -0.2) is 13.2 Å². The van der Waals surface area contributed by atoms with Crippen LogP contribution in [0.1, 0.15) is 30.4 Å². The second kappa shape index (κ2) is 5.65. The number of benzene rings is 2. The molecule has 3 rings (SSSR count). The minimum absolute atomic E-state index is 0.0684. The van der Waals surface area contributed by atoms with Crippen LogP contribution in [0.4, 0.5) is 0 Å². The first kappa shape index (κ1) is 13.2. The molecular weight excluding hydrogens is 250 g/mol. The summed E-state index contributed by atoms with van der Waals surface area (Å²) in [5, 5.41) is 3.49. The molecule has 1 fully saturated rings. The Kier molecular flexibility index (Phi) is 3.72. The second-order valence-corrected chi connectivity index (χ2v) is 5.08. The first-order chi connectivity index (χ1) is 9.78. The van der Waals surface area contributed by atoms with E-state index in [9.17, 15) is 0 Å². The van der Waals surface area contributed by atoms with E-state index in [0.717, 1.165) is 11.3 Å². The highest BCUT2D eigenvalue weighted by Crippen LogP contribution is 2.35. The molecule has 1 aliphatic heterocycles. The summed E-state index contributed by atoms with van der Waals surface area (Å²) in [5.74, 6) is 0.861. The molecule has 3 unspecified atom stereocenters. The summed E-state index contributed by atoms with van der Waals surface area (Å²) < 4.78 is 11.3. The van der Waals surface area contributed by atoms with Crippen LogP contribution >= 0.6 is 0 Å². The summed E-state index contributed by atoms with van der Waals surface area (Å²) in [7, 11) is 1.67. The molecule has 0 bridgehead atoms. The molecular formula is C17H19NO2. The molecule has 1 heterocycles. The summed E-state index contributed by atoms with van der Waals surface area (Å²) in [6.45, 7) is 2.15. The van der Waals surface area contributed by atoms with Crippen LogP contribution in [0.15, 0.2) is 54.6 Å². The van der Waals surface area contributed by atoms with Crippen molar-refractivity contribution in [1.29, 1.82) is 0 Å². The van der Waals surface area contributed by atoms with E-state index in [1.807, 2.05) is 42.5 Å². The van der Waals surface area contributed by atoms with Gasteiger partial charge in [0.2, 0.25) is 0 Å². The van der Waals surface area contributed by atoms with Crippen LogP contribution in [0.5, 0.6) is 5.75 Å². The molecule has 2 aromatic rings. The summed E-state index contributed by atoms with van der Waals surface area (Å²) in [4.78, 5) is 0. The highest BCUT2D eigenvalue weighted by Gasteiger charge is 2.33. The fraction of sp³-hybridized carbons (Fsp3) is 0.294. The maximum Gasteiger partial charge on any atom is 0.135 e. The third kappa shape index (κ3) is 2.55. The van der Waals surface area contributed by atoms with Crippen molar-refractivity contribution < 1.29 is 9.47 Å². The molecule has 1 saturated heterocycles. The molecule has 0 aliphatic carbocycles. The van der Waals surface area contributed by atoms with E-state index in [2.05, 4.69) is 24.4 Å². The largest absolute Gasteiger partial charge is 0.497 e. The molecule has 3 atom stereocenters. The maximum atomic E-state index is 6.17. The van der Waals surface area contributed by atoms with Crippen molar-refractivity contribution in [3.63, 3.8) is 0 Å². The molecule has 1 aliphatic rings. The van der Waals surface area contributed by atoms with Gasteiger partial charge in [0, 0.05) is 6.04 Å². The lowest BCUT2D eigenvalue weighted by atomic mass is 10.0. The van der Waals surface area contributed by atoms with Crippen molar-refractivity contribution in [1.82, 2.24) is 5.32 Å². The van der Waals surface area contributed by atoms with Crippen LogP contribution in [0.2, 0.25) is 0 Å². The first-order valence-corrected chi connectivity index (χ1v) is 6.88. The Hall–Kier alpha value is -1.84. The van der Waals surface area contributed by atoms with Gasteiger partial charge in [0.1, 0.15) is 18.1 Å². The number of hydrogen-bond donors (Lipinski definition) is 1. The van der Waals surface area contributed by atoms with E-state index in [1.165, 1.54) is 5.56 Å². The fourth-order valence-corrected chi connectivity index (χ4v) is 2.59. The minimum atomic E-state index is -0.0684. The molecule has 3 nitrogen and oxygen atoms in total. The van der Waals surface area contributed by atoms with Gasteiger partial charge < -0.3 is 9.47 Å². The molecule has 104 valence electrons. The van der Waals surface area contributed by atoms with Crippen molar-refractivity contribution >= 4 is 0 Å². The third-order valence-electron chi connectivity index (χ3n) is 3.70. The second-order valence-electron chi connectivity index (χ2n) is 5.08. The molecule has 0 amide bonds. The van der Waals surface area contributed by atoms with Crippen molar-refractivity contribution in [3.8, 4) is 5.75 Å². The van der Waals surface area contributed by atoms with Crippen molar-refractivity contribution in [2.45, 2.75) is 25.3 Å². The molecule has 3 heteroatoms. The van der Waals surface area contributed by atoms with E-state index >= 15 is 0 Å². The van der Waals surface area contributed by atoms with Crippen molar-refractivity contribution in [2.24, 2.45) is 0 Å². The Morgan fingerprint density at radius 3 is 2.30 bits per heavy atom. The van der Waals surface area contributed by atoms with Crippen LogP contribution in [-0.2, 0) is 4.74 Å². The fourth-order valence-electron chi connectivity index (χ4n) is 2.59. The van der Waals surface area contributed by atoms with Gasteiger partial charge in [0.25, 0.3) is 0 Å². The van der Waals surface area contributed by atoms with E-state index < -0.39 is 0 Å². The van der Waals surface area contributed by atoms with Crippen LogP contribution in [0.25, 0.3) is 0 Å². The standard InChI is InChI=1S/C17H19NO2/c1-12-16(13-6-4-3-5-7-13)20-17(18-12)14-8-10-15(19-2)11-9-14/h3-12,16-18H,1-2H3. The SMILES string of the molecule is COc1ccc(C2NC(C)C(c3ccccc3)O2)cc1. The average molecular weight is 269 g/mol. The van der Waals surface area contributed by atoms with Gasteiger partial charge in [0.05, 0.1) is 7.11 Å². The highest BCUT2D eigenvalue weighted by molar-refractivity contribution is 5.29. The van der Waals surface area contributed by atoms with Gasteiger partial charge >= 0.3 is 0 Å².